The van der Waals surface area contributed by atoms with Crippen molar-refractivity contribution in [3.63, 3.8) is 0 Å². The first-order valence-electron chi connectivity index (χ1n) is 8.65. The number of nitrogens with zero attached hydrogens (tertiary/aromatic N) is 2. The Morgan fingerprint density at radius 1 is 1.24 bits per heavy atom. The Bertz CT molecular complexity index is 538. The number of halogens is 3. The number of hydrogen-bond acceptors (Lipinski definition) is 2. The van der Waals surface area contributed by atoms with Crippen LogP contribution in [0.1, 0.15) is 32.3 Å². The summed E-state index contributed by atoms with van der Waals surface area (Å²) in [5, 5.41) is 6.55. The number of likely N-dealkylation sites (tertiary alicyclic amines) is 1. The molecule has 25 heavy (non-hydrogen) atoms. The molecule has 1 aromatic carbocycles. The second-order valence-electron chi connectivity index (χ2n) is 6.50. The first-order chi connectivity index (χ1) is 11.5. The van der Waals surface area contributed by atoms with Gasteiger partial charge in [-0.1, -0.05) is 6.07 Å². The van der Waals surface area contributed by atoms with Gasteiger partial charge in [-0.15, -0.1) is 24.0 Å². The maximum Gasteiger partial charge on any atom is 0.191 e. The van der Waals surface area contributed by atoms with Crippen molar-refractivity contribution >= 4 is 29.9 Å². The molecule has 0 saturated carbocycles. The number of hydrogen-bond donors (Lipinski definition) is 2. The zero-order valence-electron chi connectivity index (χ0n) is 15.2. The van der Waals surface area contributed by atoms with E-state index in [4.69, 9.17) is 0 Å². The third kappa shape index (κ3) is 6.69. The minimum atomic E-state index is -0.499. The Labute approximate surface area is 166 Å². The number of aliphatic imine (C=N–C) groups is 1. The van der Waals surface area contributed by atoms with Gasteiger partial charge < -0.3 is 15.5 Å². The first-order valence-corrected chi connectivity index (χ1v) is 8.65. The van der Waals surface area contributed by atoms with Crippen LogP contribution in [0.15, 0.2) is 23.2 Å². The monoisotopic (exact) mass is 466 g/mol. The molecule has 1 aliphatic rings. The summed E-state index contributed by atoms with van der Waals surface area (Å²) >= 11 is 0. The summed E-state index contributed by atoms with van der Waals surface area (Å²) in [6.07, 6.45) is 2.42. The molecule has 0 aliphatic carbocycles. The number of piperidine rings is 1. The van der Waals surface area contributed by atoms with Crippen LogP contribution in [0.25, 0.3) is 0 Å². The molecular formula is C18H29F2IN4. The zero-order valence-corrected chi connectivity index (χ0v) is 17.5. The molecule has 0 atom stereocenters. The lowest BCUT2D eigenvalue weighted by Crippen LogP contribution is -2.50. The van der Waals surface area contributed by atoms with E-state index >= 15 is 0 Å². The second kappa shape index (κ2) is 10.9. The summed E-state index contributed by atoms with van der Waals surface area (Å²) in [5.41, 5.74) is 0.116. The Balaban J connectivity index is 0.00000312. The molecule has 2 N–H and O–H groups in total. The van der Waals surface area contributed by atoms with E-state index in [1.54, 1.807) is 7.05 Å². The number of nitrogens with one attached hydrogen (secondary N) is 2. The van der Waals surface area contributed by atoms with Gasteiger partial charge in [0, 0.05) is 44.3 Å². The largest absolute Gasteiger partial charge is 0.356 e. The third-order valence-corrected chi connectivity index (χ3v) is 4.55. The Morgan fingerprint density at radius 2 is 1.84 bits per heavy atom. The Morgan fingerprint density at radius 3 is 2.36 bits per heavy atom. The highest BCUT2D eigenvalue weighted by atomic mass is 127. The number of benzene rings is 1. The predicted octanol–water partition coefficient (Wildman–Crippen LogP) is 3.16. The predicted molar refractivity (Wildman–Crippen MR) is 110 cm³/mol. The van der Waals surface area contributed by atoms with Crippen molar-refractivity contribution < 1.29 is 8.78 Å². The van der Waals surface area contributed by atoms with Crippen molar-refractivity contribution in [1.82, 2.24) is 15.5 Å². The van der Waals surface area contributed by atoms with Crippen molar-refractivity contribution in [2.75, 3.05) is 26.7 Å². The molecule has 0 bridgehead atoms. The average Bonchev–Trinajstić information content (AvgIpc) is 2.57. The lowest BCUT2D eigenvalue weighted by molar-refractivity contribution is 0.167. The van der Waals surface area contributed by atoms with Crippen molar-refractivity contribution in [2.45, 2.75) is 45.2 Å². The Kier molecular flexibility index (Phi) is 9.63. The summed E-state index contributed by atoms with van der Waals surface area (Å²) in [7, 11) is 1.71. The smallest absolute Gasteiger partial charge is 0.191 e. The lowest BCUT2D eigenvalue weighted by Gasteiger charge is -2.35. The topological polar surface area (TPSA) is 39.7 Å². The second-order valence-corrected chi connectivity index (χ2v) is 6.50. The molecule has 1 aromatic rings. The molecular weight excluding hydrogens is 437 g/mol. The fourth-order valence-corrected chi connectivity index (χ4v) is 3.03. The van der Waals surface area contributed by atoms with Gasteiger partial charge in [-0.05, 0) is 45.2 Å². The molecule has 2 rings (SSSR count). The molecule has 1 saturated heterocycles. The molecule has 7 heteroatoms. The van der Waals surface area contributed by atoms with Crippen LogP contribution in [-0.4, -0.2) is 49.6 Å². The van der Waals surface area contributed by atoms with Gasteiger partial charge in [-0.2, -0.15) is 0 Å². The summed E-state index contributed by atoms with van der Waals surface area (Å²) in [4.78, 5) is 6.67. The summed E-state index contributed by atoms with van der Waals surface area (Å²) in [5.74, 6) is -0.309. The molecule has 142 valence electrons. The molecule has 0 spiro atoms. The zero-order chi connectivity index (χ0) is 17.5. The SMILES string of the molecule is CN=C(NCCc1c(F)cccc1F)NC1CCN(C(C)C)CC1.I. The molecule has 1 heterocycles. The van der Waals surface area contributed by atoms with Gasteiger partial charge in [0.15, 0.2) is 5.96 Å². The van der Waals surface area contributed by atoms with Gasteiger partial charge in [-0.25, -0.2) is 8.78 Å². The third-order valence-electron chi connectivity index (χ3n) is 4.55. The van der Waals surface area contributed by atoms with E-state index in [1.165, 1.54) is 18.2 Å². The summed E-state index contributed by atoms with van der Waals surface area (Å²) < 4.78 is 27.2. The van der Waals surface area contributed by atoms with Crippen LogP contribution in [0.2, 0.25) is 0 Å². The van der Waals surface area contributed by atoms with E-state index in [9.17, 15) is 8.78 Å². The fourth-order valence-electron chi connectivity index (χ4n) is 3.03. The van der Waals surface area contributed by atoms with Crippen LogP contribution in [0.5, 0.6) is 0 Å². The van der Waals surface area contributed by atoms with Crippen molar-refractivity contribution in [1.29, 1.82) is 0 Å². The van der Waals surface area contributed by atoms with E-state index in [2.05, 4.69) is 34.4 Å². The number of rotatable bonds is 5. The minimum absolute atomic E-state index is 0. The standard InChI is InChI=1S/C18H28F2N4.HI/c1-13(2)24-11-8-14(9-12-24)23-18(21-3)22-10-7-15-16(19)5-4-6-17(15)20;/h4-6,13-14H,7-12H2,1-3H3,(H2,21,22,23);1H. The highest BCUT2D eigenvalue weighted by molar-refractivity contribution is 14.0. The number of guanidine groups is 1. The molecule has 1 aliphatic heterocycles. The van der Waals surface area contributed by atoms with Gasteiger partial charge in [0.2, 0.25) is 0 Å². The van der Waals surface area contributed by atoms with E-state index in [1.807, 2.05) is 0 Å². The van der Waals surface area contributed by atoms with E-state index in [0.717, 1.165) is 25.9 Å². The maximum atomic E-state index is 13.6. The van der Waals surface area contributed by atoms with Gasteiger partial charge >= 0.3 is 0 Å². The van der Waals surface area contributed by atoms with Crippen molar-refractivity contribution in [3.8, 4) is 0 Å². The fraction of sp³-hybridized carbons (Fsp3) is 0.611. The lowest BCUT2D eigenvalue weighted by atomic mass is 10.0. The van der Waals surface area contributed by atoms with E-state index < -0.39 is 11.6 Å². The summed E-state index contributed by atoms with van der Waals surface area (Å²) in [6.45, 7) is 7.02. The average molecular weight is 466 g/mol. The molecule has 0 unspecified atom stereocenters. The van der Waals surface area contributed by atoms with Crippen LogP contribution in [0.4, 0.5) is 8.78 Å². The van der Waals surface area contributed by atoms with E-state index in [0.29, 0.717) is 24.6 Å². The molecule has 1 fully saturated rings. The highest BCUT2D eigenvalue weighted by Gasteiger charge is 2.21. The molecule has 0 aromatic heterocycles. The molecule has 4 nitrogen and oxygen atoms in total. The van der Waals surface area contributed by atoms with Crippen molar-refractivity contribution in [3.05, 3.63) is 35.4 Å². The van der Waals surface area contributed by atoms with Crippen LogP contribution >= 0.6 is 24.0 Å². The maximum absolute atomic E-state index is 13.6. The van der Waals surface area contributed by atoms with E-state index in [-0.39, 0.29) is 36.0 Å². The minimum Gasteiger partial charge on any atom is -0.356 e. The van der Waals surface area contributed by atoms with Crippen LogP contribution < -0.4 is 10.6 Å². The molecule has 0 radical (unpaired) electrons. The highest BCUT2D eigenvalue weighted by Crippen LogP contribution is 2.13. The van der Waals surface area contributed by atoms with Crippen LogP contribution in [0.3, 0.4) is 0 Å². The first kappa shape index (κ1) is 22.1. The Hall–Kier alpha value is -0.960. The van der Waals surface area contributed by atoms with Crippen LogP contribution in [-0.2, 0) is 6.42 Å². The van der Waals surface area contributed by atoms with Crippen LogP contribution in [0, 0.1) is 11.6 Å². The van der Waals surface area contributed by atoms with Gasteiger partial charge in [0.1, 0.15) is 11.6 Å². The van der Waals surface area contributed by atoms with Gasteiger partial charge in [-0.3, -0.25) is 4.99 Å². The summed E-state index contributed by atoms with van der Waals surface area (Å²) in [6, 6.07) is 4.92. The normalized spacial score (nSPS) is 16.6. The molecule has 0 amide bonds. The van der Waals surface area contributed by atoms with Gasteiger partial charge in [0.25, 0.3) is 0 Å². The van der Waals surface area contributed by atoms with Crippen molar-refractivity contribution in [2.24, 2.45) is 4.99 Å². The quantitative estimate of drug-likeness (QED) is 0.398. The van der Waals surface area contributed by atoms with Gasteiger partial charge in [0.05, 0.1) is 0 Å².